The van der Waals surface area contributed by atoms with Crippen molar-refractivity contribution in [2.24, 2.45) is 0 Å². The summed E-state index contributed by atoms with van der Waals surface area (Å²) in [5.74, 6) is 0. The van der Waals surface area contributed by atoms with Crippen molar-refractivity contribution in [3.63, 3.8) is 0 Å². The molecule has 2 rings (SSSR count). The van der Waals surface area contributed by atoms with Gasteiger partial charge in [0, 0.05) is 31.5 Å². The standard InChI is InChI=1S/C10H13N3O3/c14-9-7-11-3-6-13(9)8-1-4-12(5-2-8)10(15)16/h3,6-8H,1-2,4-5H2,(H,15,16). The molecule has 0 aromatic carbocycles. The molecule has 1 aromatic rings. The molecule has 1 saturated heterocycles. The Bertz CT molecular complexity index is 435. The molecular formula is C10H13N3O3. The number of likely N-dealkylation sites (tertiary alicyclic amines) is 1. The Morgan fingerprint density at radius 1 is 1.44 bits per heavy atom. The van der Waals surface area contributed by atoms with Crippen LogP contribution in [0.3, 0.4) is 0 Å². The zero-order chi connectivity index (χ0) is 11.5. The molecule has 1 fully saturated rings. The summed E-state index contributed by atoms with van der Waals surface area (Å²) >= 11 is 0. The second kappa shape index (κ2) is 4.34. The number of aromatic nitrogens is 2. The predicted octanol–water partition coefficient (Wildman–Crippen LogP) is 0.558. The number of hydrogen-bond acceptors (Lipinski definition) is 3. The zero-order valence-electron chi connectivity index (χ0n) is 8.74. The molecule has 0 atom stereocenters. The monoisotopic (exact) mass is 223 g/mol. The van der Waals surface area contributed by atoms with Crippen LogP contribution in [0.1, 0.15) is 18.9 Å². The maximum Gasteiger partial charge on any atom is 0.407 e. The van der Waals surface area contributed by atoms with E-state index in [0.29, 0.717) is 25.9 Å². The van der Waals surface area contributed by atoms with E-state index in [1.165, 1.54) is 11.1 Å². The van der Waals surface area contributed by atoms with Crippen molar-refractivity contribution < 1.29 is 9.90 Å². The minimum atomic E-state index is -0.888. The molecule has 6 nitrogen and oxygen atoms in total. The van der Waals surface area contributed by atoms with Crippen LogP contribution in [0, 0.1) is 0 Å². The minimum absolute atomic E-state index is 0.0890. The van der Waals surface area contributed by atoms with Gasteiger partial charge in [0.05, 0.1) is 6.20 Å². The smallest absolute Gasteiger partial charge is 0.407 e. The van der Waals surface area contributed by atoms with E-state index >= 15 is 0 Å². The molecule has 6 heteroatoms. The third kappa shape index (κ3) is 2.05. The lowest BCUT2D eigenvalue weighted by atomic mass is 10.1. The molecule has 0 bridgehead atoms. The predicted molar refractivity (Wildman–Crippen MR) is 56.4 cm³/mol. The number of hydrogen-bond donors (Lipinski definition) is 1. The van der Waals surface area contributed by atoms with Crippen molar-refractivity contribution in [2.75, 3.05) is 13.1 Å². The Balaban J connectivity index is 2.08. The normalized spacial score (nSPS) is 17.4. The van der Waals surface area contributed by atoms with E-state index in [2.05, 4.69) is 4.98 Å². The van der Waals surface area contributed by atoms with Crippen molar-refractivity contribution in [1.29, 1.82) is 0 Å². The molecule has 0 radical (unpaired) electrons. The number of amides is 1. The van der Waals surface area contributed by atoms with Gasteiger partial charge in [0.15, 0.2) is 0 Å². The number of piperidine rings is 1. The summed E-state index contributed by atoms with van der Waals surface area (Å²) in [5, 5.41) is 8.80. The van der Waals surface area contributed by atoms with Gasteiger partial charge in [0.1, 0.15) is 0 Å². The van der Waals surface area contributed by atoms with Crippen LogP contribution in [0.15, 0.2) is 23.4 Å². The maximum atomic E-state index is 11.5. The summed E-state index contributed by atoms with van der Waals surface area (Å²) < 4.78 is 1.63. The second-order valence-electron chi connectivity index (χ2n) is 3.82. The highest BCUT2D eigenvalue weighted by Gasteiger charge is 2.23. The largest absolute Gasteiger partial charge is 0.465 e. The first-order valence-electron chi connectivity index (χ1n) is 5.18. The zero-order valence-corrected chi connectivity index (χ0v) is 8.74. The first-order chi connectivity index (χ1) is 7.68. The van der Waals surface area contributed by atoms with Gasteiger partial charge >= 0.3 is 6.09 Å². The van der Waals surface area contributed by atoms with Gasteiger partial charge in [-0.25, -0.2) is 4.79 Å². The summed E-state index contributed by atoms with van der Waals surface area (Å²) in [6.45, 7) is 0.962. The Kier molecular flexibility index (Phi) is 2.89. The number of carbonyl (C=O) groups is 1. The molecule has 0 aliphatic carbocycles. The topological polar surface area (TPSA) is 75.4 Å². The van der Waals surface area contributed by atoms with E-state index in [9.17, 15) is 9.59 Å². The van der Waals surface area contributed by atoms with Gasteiger partial charge in [0.2, 0.25) is 0 Å². The fourth-order valence-corrected chi connectivity index (χ4v) is 1.99. The van der Waals surface area contributed by atoms with Gasteiger partial charge in [0.25, 0.3) is 5.56 Å². The van der Waals surface area contributed by atoms with Crippen molar-refractivity contribution >= 4 is 6.09 Å². The summed E-state index contributed by atoms with van der Waals surface area (Å²) in [5.41, 5.74) is -0.128. The molecule has 1 N–H and O–H groups in total. The van der Waals surface area contributed by atoms with Crippen molar-refractivity contribution in [2.45, 2.75) is 18.9 Å². The van der Waals surface area contributed by atoms with Gasteiger partial charge in [-0.15, -0.1) is 0 Å². The fourth-order valence-electron chi connectivity index (χ4n) is 1.99. The number of nitrogens with zero attached hydrogens (tertiary/aromatic N) is 3. The molecular weight excluding hydrogens is 210 g/mol. The lowest BCUT2D eigenvalue weighted by Gasteiger charge is -2.30. The van der Waals surface area contributed by atoms with Crippen LogP contribution in [0.4, 0.5) is 4.79 Å². The van der Waals surface area contributed by atoms with Crippen molar-refractivity contribution in [1.82, 2.24) is 14.5 Å². The average molecular weight is 223 g/mol. The van der Waals surface area contributed by atoms with E-state index in [1.54, 1.807) is 17.0 Å². The molecule has 2 heterocycles. The summed E-state index contributed by atoms with van der Waals surface area (Å²) in [6.07, 6.45) is 4.98. The highest BCUT2D eigenvalue weighted by Crippen LogP contribution is 2.20. The summed E-state index contributed by atoms with van der Waals surface area (Å²) in [6, 6.07) is 0.0890. The van der Waals surface area contributed by atoms with E-state index < -0.39 is 6.09 Å². The minimum Gasteiger partial charge on any atom is -0.465 e. The molecule has 1 aromatic heterocycles. The quantitative estimate of drug-likeness (QED) is 0.754. The van der Waals surface area contributed by atoms with Crippen molar-refractivity contribution in [3.05, 3.63) is 28.9 Å². The maximum absolute atomic E-state index is 11.5. The van der Waals surface area contributed by atoms with E-state index in [-0.39, 0.29) is 11.6 Å². The summed E-state index contributed by atoms with van der Waals surface area (Å²) in [4.78, 5) is 27.3. The third-order valence-electron chi connectivity index (χ3n) is 2.88. The van der Waals surface area contributed by atoms with Crippen molar-refractivity contribution in [3.8, 4) is 0 Å². The Labute approximate surface area is 92.1 Å². The number of rotatable bonds is 1. The van der Waals surface area contributed by atoms with Crippen LogP contribution >= 0.6 is 0 Å². The molecule has 0 saturated carbocycles. The lowest BCUT2D eigenvalue weighted by Crippen LogP contribution is -2.39. The van der Waals surface area contributed by atoms with Crippen LogP contribution in [0.25, 0.3) is 0 Å². The van der Waals surface area contributed by atoms with Crippen LogP contribution in [0.5, 0.6) is 0 Å². The van der Waals surface area contributed by atoms with Gasteiger partial charge < -0.3 is 14.6 Å². The van der Waals surface area contributed by atoms with E-state index in [0.717, 1.165) is 0 Å². The first-order valence-corrected chi connectivity index (χ1v) is 5.18. The highest BCUT2D eigenvalue weighted by atomic mass is 16.4. The lowest BCUT2D eigenvalue weighted by molar-refractivity contribution is 0.125. The van der Waals surface area contributed by atoms with E-state index in [1.807, 2.05) is 0 Å². The molecule has 0 unspecified atom stereocenters. The first kappa shape index (κ1) is 10.7. The van der Waals surface area contributed by atoms with Crippen LogP contribution in [-0.4, -0.2) is 38.7 Å². The highest BCUT2D eigenvalue weighted by molar-refractivity contribution is 5.64. The van der Waals surface area contributed by atoms with Gasteiger partial charge in [-0.2, -0.15) is 0 Å². The molecule has 16 heavy (non-hydrogen) atoms. The Hall–Kier alpha value is -1.85. The third-order valence-corrected chi connectivity index (χ3v) is 2.88. The molecule has 1 amide bonds. The van der Waals surface area contributed by atoms with Gasteiger partial charge in [-0.3, -0.25) is 9.78 Å². The van der Waals surface area contributed by atoms with Crippen LogP contribution in [-0.2, 0) is 0 Å². The van der Waals surface area contributed by atoms with Crippen LogP contribution < -0.4 is 5.56 Å². The van der Waals surface area contributed by atoms with Crippen LogP contribution in [0.2, 0.25) is 0 Å². The Morgan fingerprint density at radius 2 is 2.12 bits per heavy atom. The molecule has 1 aliphatic heterocycles. The molecule has 1 aliphatic rings. The second-order valence-corrected chi connectivity index (χ2v) is 3.82. The SMILES string of the molecule is O=C(O)N1CCC(n2ccncc2=O)CC1. The fraction of sp³-hybridized carbons (Fsp3) is 0.500. The molecule has 0 spiro atoms. The molecule has 86 valence electrons. The number of carboxylic acid groups (broad SMARTS) is 1. The van der Waals surface area contributed by atoms with Gasteiger partial charge in [-0.1, -0.05) is 0 Å². The Morgan fingerprint density at radius 3 is 2.69 bits per heavy atom. The average Bonchev–Trinajstić information content (AvgIpc) is 2.30. The summed E-state index contributed by atoms with van der Waals surface area (Å²) in [7, 11) is 0. The van der Waals surface area contributed by atoms with Gasteiger partial charge in [-0.05, 0) is 12.8 Å². The van der Waals surface area contributed by atoms with E-state index in [4.69, 9.17) is 5.11 Å².